The topological polar surface area (TPSA) is 21.7 Å². The molecule has 2 aliphatic heterocycles. The lowest BCUT2D eigenvalue weighted by atomic mass is 10.1. The Hall–Kier alpha value is -0.0600. The van der Waals surface area contributed by atoms with Crippen LogP contribution in [-0.2, 0) is 9.47 Å². The van der Waals surface area contributed by atoms with E-state index in [0.29, 0.717) is 0 Å². The van der Waals surface area contributed by atoms with Crippen LogP contribution in [-0.4, -0.2) is 37.0 Å². The van der Waals surface area contributed by atoms with E-state index < -0.39 is 0 Å². The van der Waals surface area contributed by atoms with E-state index in [1.165, 1.54) is 12.8 Å². The average molecular weight is 276 g/mol. The summed E-state index contributed by atoms with van der Waals surface area (Å²) < 4.78 is 12.4. The van der Waals surface area contributed by atoms with Crippen LogP contribution in [0.3, 0.4) is 0 Å². The summed E-state index contributed by atoms with van der Waals surface area (Å²) in [6.07, 6.45) is 5.92. The highest BCUT2D eigenvalue weighted by Crippen LogP contribution is 2.35. The summed E-state index contributed by atoms with van der Waals surface area (Å²) in [6.45, 7) is 3.85. The summed E-state index contributed by atoms with van der Waals surface area (Å²) in [4.78, 5) is 2.24. The molecule has 2 aliphatic rings. The third-order valence-corrected chi connectivity index (χ3v) is 4.29. The molecule has 2 atom stereocenters. The summed E-state index contributed by atoms with van der Waals surface area (Å²) in [5, 5.41) is 0. The van der Waals surface area contributed by atoms with E-state index in [9.17, 15) is 0 Å². The van der Waals surface area contributed by atoms with Gasteiger partial charge in [-0.05, 0) is 26.2 Å². The lowest BCUT2D eigenvalue weighted by Crippen LogP contribution is -2.41. The van der Waals surface area contributed by atoms with Crippen LogP contribution in [0.25, 0.3) is 0 Å². The predicted molar refractivity (Wildman–Crippen MR) is 62.7 cm³/mol. The fraction of sp³-hybridized carbons (Fsp3) is 0.818. The molecule has 0 saturated carbocycles. The molecule has 15 heavy (non-hydrogen) atoms. The van der Waals surface area contributed by atoms with Gasteiger partial charge in [-0.1, -0.05) is 15.9 Å². The summed E-state index contributed by atoms with van der Waals surface area (Å²) >= 11 is 3.57. The largest absolute Gasteiger partial charge is 0.371 e. The van der Waals surface area contributed by atoms with Crippen molar-refractivity contribution in [3.05, 3.63) is 10.7 Å². The van der Waals surface area contributed by atoms with E-state index in [1.807, 2.05) is 0 Å². The standard InChI is InChI=1S/C11H18BrNO2/c1-11(14-2)8-13(7-9(11)12)10-5-3-4-6-15-10/h7,10H,3-6,8H2,1-2H3/t10?,11-/m1/s1. The van der Waals surface area contributed by atoms with Gasteiger partial charge in [0.2, 0.25) is 0 Å². The fourth-order valence-corrected chi connectivity index (χ4v) is 2.63. The minimum absolute atomic E-state index is 0.208. The van der Waals surface area contributed by atoms with Crippen molar-refractivity contribution in [3.8, 4) is 0 Å². The molecule has 0 spiro atoms. The quantitative estimate of drug-likeness (QED) is 0.773. The Morgan fingerprint density at radius 3 is 2.93 bits per heavy atom. The van der Waals surface area contributed by atoms with Crippen LogP contribution >= 0.6 is 15.9 Å². The zero-order valence-corrected chi connectivity index (χ0v) is 10.9. The number of rotatable bonds is 2. The van der Waals surface area contributed by atoms with Gasteiger partial charge >= 0.3 is 0 Å². The Balaban J connectivity index is 2.02. The summed E-state index contributed by atoms with van der Waals surface area (Å²) in [5.74, 6) is 0. The molecular formula is C11H18BrNO2. The lowest BCUT2D eigenvalue weighted by Gasteiger charge is -2.33. The number of nitrogens with zero attached hydrogens (tertiary/aromatic N) is 1. The molecule has 0 bridgehead atoms. The van der Waals surface area contributed by atoms with Crippen molar-refractivity contribution < 1.29 is 9.47 Å². The molecule has 0 aromatic carbocycles. The molecule has 0 radical (unpaired) electrons. The lowest BCUT2D eigenvalue weighted by molar-refractivity contribution is -0.0794. The number of hydrogen-bond acceptors (Lipinski definition) is 3. The zero-order valence-electron chi connectivity index (χ0n) is 9.33. The summed E-state index contributed by atoms with van der Waals surface area (Å²) in [7, 11) is 1.75. The minimum Gasteiger partial charge on any atom is -0.371 e. The molecule has 0 amide bonds. The van der Waals surface area contributed by atoms with E-state index in [0.717, 1.165) is 24.1 Å². The van der Waals surface area contributed by atoms with Crippen molar-refractivity contribution >= 4 is 15.9 Å². The zero-order chi connectivity index (χ0) is 10.9. The second-order valence-corrected chi connectivity index (χ2v) is 5.26. The van der Waals surface area contributed by atoms with Gasteiger partial charge < -0.3 is 14.4 Å². The number of methoxy groups -OCH3 is 1. The molecule has 0 aliphatic carbocycles. The Bertz CT molecular complexity index is 263. The van der Waals surface area contributed by atoms with E-state index in [2.05, 4.69) is 34.0 Å². The van der Waals surface area contributed by atoms with E-state index in [-0.39, 0.29) is 11.8 Å². The first kappa shape index (κ1) is 11.4. The third kappa shape index (κ3) is 2.22. The molecule has 0 aromatic rings. The van der Waals surface area contributed by atoms with Crippen LogP contribution in [0, 0.1) is 0 Å². The van der Waals surface area contributed by atoms with Crippen molar-refractivity contribution in [1.82, 2.24) is 4.90 Å². The average Bonchev–Trinajstić information content (AvgIpc) is 2.58. The Morgan fingerprint density at radius 2 is 2.40 bits per heavy atom. The Kier molecular flexibility index (Phi) is 3.38. The van der Waals surface area contributed by atoms with Gasteiger partial charge in [-0.3, -0.25) is 0 Å². The molecule has 2 heterocycles. The highest BCUT2D eigenvalue weighted by molar-refractivity contribution is 9.11. The highest BCUT2D eigenvalue weighted by atomic mass is 79.9. The second-order valence-electron chi connectivity index (χ2n) is 4.41. The molecule has 0 aromatic heterocycles. The second kappa shape index (κ2) is 4.44. The van der Waals surface area contributed by atoms with Gasteiger partial charge in [0.05, 0.1) is 6.54 Å². The highest BCUT2D eigenvalue weighted by Gasteiger charge is 2.38. The molecule has 2 rings (SSSR count). The monoisotopic (exact) mass is 275 g/mol. The molecule has 3 nitrogen and oxygen atoms in total. The van der Waals surface area contributed by atoms with Gasteiger partial charge in [0.25, 0.3) is 0 Å². The van der Waals surface area contributed by atoms with Crippen molar-refractivity contribution in [1.29, 1.82) is 0 Å². The molecule has 4 heteroatoms. The van der Waals surface area contributed by atoms with Crippen LogP contribution < -0.4 is 0 Å². The maximum atomic E-state index is 5.75. The van der Waals surface area contributed by atoms with E-state index in [1.54, 1.807) is 7.11 Å². The predicted octanol–water partition coefficient (Wildman–Crippen LogP) is 2.47. The third-order valence-electron chi connectivity index (χ3n) is 3.24. The van der Waals surface area contributed by atoms with Crippen molar-refractivity contribution in [2.75, 3.05) is 20.3 Å². The maximum Gasteiger partial charge on any atom is 0.129 e. The van der Waals surface area contributed by atoms with Gasteiger partial charge in [-0.2, -0.15) is 0 Å². The summed E-state index contributed by atoms with van der Waals surface area (Å²) in [6, 6.07) is 0. The van der Waals surface area contributed by atoms with Gasteiger partial charge in [0.15, 0.2) is 0 Å². The number of hydrogen-bond donors (Lipinski definition) is 0. The molecule has 1 unspecified atom stereocenters. The van der Waals surface area contributed by atoms with Gasteiger partial charge in [0, 0.05) is 24.4 Å². The first-order chi connectivity index (χ1) is 7.15. The first-order valence-electron chi connectivity index (χ1n) is 5.46. The molecule has 0 N–H and O–H groups in total. The Morgan fingerprint density at radius 1 is 1.60 bits per heavy atom. The van der Waals surface area contributed by atoms with Crippen molar-refractivity contribution in [3.63, 3.8) is 0 Å². The van der Waals surface area contributed by atoms with Crippen LogP contribution in [0.15, 0.2) is 10.7 Å². The molecule has 1 fully saturated rings. The van der Waals surface area contributed by atoms with Crippen LogP contribution in [0.1, 0.15) is 26.2 Å². The van der Waals surface area contributed by atoms with E-state index in [4.69, 9.17) is 9.47 Å². The van der Waals surface area contributed by atoms with Crippen molar-refractivity contribution in [2.24, 2.45) is 0 Å². The molecule has 1 saturated heterocycles. The SMILES string of the molecule is CO[C@]1(C)CN(C2CCCCO2)C=C1Br. The molecular weight excluding hydrogens is 258 g/mol. The fourth-order valence-electron chi connectivity index (χ4n) is 2.08. The number of ether oxygens (including phenoxy) is 2. The number of halogens is 1. The van der Waals surface area contributed by atoms with Crippen LogP contribution in [0.4, 0.5) is 0 Å². The normalized spacial score (nSPS) is 36.9. The van der Waals surface area contributed by atoms with Crippen molar-refractivity contribution in [2.45, 2.75) is 38.0 Å². The molecule has 86 valence electrons. The van der Waals surface area contributed by atoms with Gasteiger partial charge in [0.1, 0.15) is 11.8 Å². The first-order valence-corrected chi connectivity index (χ1v) is 6.25. The van der Waals surface area contributed by atoms with E-state index >= 15 is 0 Å². The van der Waals surface area contributed by atoms with Gasteiger partial charge in [-0.25, -0.2) is 0 Å². The van der Waals surface area contributed by atoms with Crippen LogP contribution in [0.2, 0.25) is 0 Å². The van der Waals surface area contributed by atoms with Crippen LogP contribution in [0.5, 0.6) is 0 Å². The minimum atomic E-state index is -0.208. The smallest absolute Gasteiger partial charge is 0.129 e. The maximum absolute atomic E-state index is 5.75. The van der Waals surface area contributed by atoms with Gasteiger partial charge in [-0.15, -0.1) is 0 Å². The Labute approximate surface area is 99.5 Å². The summed E-state index contributed by atoms with van der Waals surface area (Å²) in [5.41, 5.74) is -0.208.